The van der Waals surface area contributed by atoms with Crippen molar-refractivity contribution >= 4 is 21.7 Å². The lowest BCUT2D eigenvalue weighted by Gasteiger charge is -2.16. The molecular weight excluding hydrogens is 362 g/mol. The van der Waals surface area contributed by atoms with Gasteiger partial charge in [0.1, 0.15) is 0 Å². The lowest BCUT2D eigenvalue weighted by Crippen LogP contribution is -2.33. The summed E-state index contributed by atoms with van der Waals surface area (Å²) in [6.07, 6.45) is 10.1. The number of hydrogen-bond donors (Lipinski definition) is 2. The number of likely N-dealkylation sites (tertiary alicyclic amines) is 1. The number of benzene rings is 1. The molecule has 0 spiro atoms. The highest BCUT2D eigenvalue weighted by atomic mass is 32.2. The Balaban J connectivity index is 1.43. The smallest absolute Gasteiger partial charge is 0.307 e. The van der Waals surface area contributed by atoms with Crippen molar-refractivity contribution in [1.82, 2.24) is 9.62 Å². The first-order valence-electron chi connectivity index (χ1n) is 9.91. The zero-order valence-corrected chi connectivity index (χ0v) is 16.4. The van der Waals surface area contributed by atoms with Gasteiger partial charge in [-0.3, -0.25) is 4.90 Å². The molecule has 1 aromatic carbocycles. The van der Waals surface area contributed by atoms with Gasteiger partial charge in [-0.2, -0.15) is 0 Å². The standard InChI is InChI=1S/C20H27N3O3S/c24-20(22-27(25,26)13-5-12-23-10-1-2-11-23)21-19-17-8-3-6-15(17)14-16-7-4-9-18(16)19/h5,13-14H,1-4,6-12H2,(H2,21,22,24)/b13-5+. The largest absolute Gasteiger partial charge is 0.333 e. The minimum absolute atomic E-state index is 0.599. The molecule has 1 aromatic rings. The maximum Gasteiger partial charge on any atom is 0.333 e. The molecule has 3 aliphatic rings. The summed E-state index contributed by atoms with van der Waals surface area (Å²) in [4.78, 5) is 14.6. The number of nitrogens with zero attached hydrogens (tertiary/aromatic N) is 1. The summed E-state index contributed by atoms with van der Waals surface area (Å²) in [7, 11) is -3.79. The van der Waals surface area contributed by atoms with Crippen LogP contribution in [0.2, 0.25) is 0 Å². The second-order valence-corrected chi connectivity index (χ2v) is 9.28. The highest BCUT2D eigenvalue weighted by molar-refractivity contribution is 7.92. The van der Waals surface area contributed by atoms with E-state index in [1.54, 1.807) is 6.08 Å². The number of nitrogens with one attached hydrogen (secondary N) is 2. The van der Waals surface area contributed by atoms with Gasteiger partial charge in [-0.15, -0.1) is 0 Å². The molecule has 0 radical (unpaired) electrons. The number of fused-ring (bicyclic) bond motifs is 2. The third-order valence-electron chi connectivity index (χ3n) is 5.78. The van der Waals surface area contributed by atoms with Gasteiger partial charge in [-0.1, -0.05) is 12.1 Å². The number of carbonyl (C=O) groups is 1. The normalized spacial score (nSPS) is 19.4. The molecule has 0 saturated carbocycles. The fraction of sp³-hybridized carbons (Fsp3) is 0.550. The van der Waals surface area contributed by atoms with Crippen LogP contribution in [-0.4, -0.2) is 39.0 Å². The van der Waals surface area contributed by atoms with Crippen molar-refractivity contribution in [2.75, 3.05) is 25.0 Å². The molecule has 1 heterocycles. The van der Waals surface area contributed by atoms with Crippen LogP contribution in [-0.2, 0) is 35.7 Å². The van der Waals surface area contributed by atoms with E-state index in [-0.39, 0.29) is 0 Å². The lowest BCUT2D eigenvalue weighted by atomic mass is 9.99. The van der Waals surface area contributed by atoms with Crippen molar-refractivity contribution in [3.8, 4) is 0 Å². The monoisotopic (exact) mass is 389 g/mol. The molecule has 2 N–H and O–H groups in total. The van der Waals surface area contributed by atoms with Crippen LogP contribution >= 0.6 is 0 Å². The van der Waals surface area contributed by atoms with Crippen LogP contribution in [0.1, 0.15) is 47.9 Å². The number of carbonyl (C=O) groups excluding carboxylic acids is 1. The van der Waals surface area contributed by atoms with Crippen molar-refractivity contribution in [1.29, 1.82) is 0 Å². The highest BCUT2D eigenvalue weighted by Crippen LogP contribution is 2.38. The van der Waals surface area contributed by atoms with E-state index in [2.05, 4.69) is 21.0 Å². The minimum atomic E-state index is -3.79. The summed E-state index contributed by atoms with van der Waals surface area (Å²) >= 11 is 0. The first kappa shape index (κ1) is 18.5. The molecule has 1 saturated heterocycles. The van der Waals surface area contributed by atoms with Gasteiger partial charge in [0, 0.05) is 17.6 Å². The van der Waals surface area contributed by atoms with Gasteiger partial charge >= 0.3 is 6.03 Å². The number of anilines is 1. The van der Waals surface area contributed by atoms with Crippen LogP contribution in [0.5, 0.6) is 0 Å². The Kier molecular flexibility index (Phi) is 5.23. The number of aryl methyl sites for hydroxylation is 2. The van der Waals surface area contributed by atoms with Gasteiger partial charge in [0.25, 0.3) is 10.0 Å². The molecular formula is C20H27N3O3S. The fourth-order valence-electron chi connectivity index (χ4n) is 4.55. The molecule has 0 unspecified atom stereocenters. The minimum Gasteiger partial charge on any atom is -0.307 e. The molecule has 146 valence electrons. The van der Waals surface area contributed by atoms with E-state index < -0.39 is 16.1 Å². The molecule has 0 bridgehead atoms. The second-order valence-electron chi connectivity index (χ2n) is 7.71. The quantitative estimate of drug-likeness (QED) is 0.812. The van der Waals surface area contributed by atoms with Crippen molar-refractivity contribution < 1.29 is 13.2 Å². The van der Waals surface area contributed by atoms with Gasteiger partial charge in [-0.25, -0.2) is 17.9 Å². The average Bonchev–Trinajstić information content (AvgIpc) is 3.34. The summed E-state index contributed by atoms with van der Waals surface area (Å²) < 4.78 is 26.5. The maximum atomic E-state index is 12.4. The van der Waals surface area contributed by atoms with Crippen LogP contribution in [0, 0.1) is 0 Å². The van der Waals surface area contributed by atoms with E-state index in [0.29, 0.717) is 6.54 Å². The van der Waals surface area contributed by atoms with Crippen LogP contribution in [0.4, 0.5) is 10.5 Å². The van der Waals surface area contributed by atoms with E-state index in [1.807, 2.05) is 0 Å². The molecule has 1 aliphatic heterocycles. The number of urea groups is 1. The molecule has 1 fully saturated rings. The number of amides is 2. The topological polar surface area (TPSA) is 78.5 Å². The Morgan fingerprint density at radius 1 is 1.00 bits per heavy atom. The summed E-state index contributed by atoms with van der Waals surface area (Å²) in [6.45, 7) is 2.60. The van der Waals surface area contributed by atoms with Crippen LogP contribution in [0.15, 0.2) is 17.6 Å². The molecule has 2 aliphatic carbocycles. The van der Waals surface area contributed by atoms with Gasteiger partial charge in [0.15, 0.2) is 0 Å². The van der Waals surface area contributed by atoms with Crippen molar-refractivity contribution in [2.24, 2.45) is 0 Å². The summed E-state index contributed by atoms with van der Waals surface area (Å²) in [5.41, 5.74) is 5.84. The molecule has 7 heteroatoms. The number of hydrogen-bond acceptors (Lipinski definition) is 4. The first-order chi connectivity index (χ1) is 13.0. The van der Waals surface area contributed by atoms with Crippen molar-refractivity contribution in [3.05, 3.63) is 39.8 Å². The number of rotatable bonds is 5. The van der Waals surface area contributed by atoms with Gasteiger partial charge in [0.2, 0.25) is 0 Å². The fourth-order valence-corrected chi connectivity index (χ4v) is 5.27. The molecule has 4 rings (SSSR count). The maximum absolute atomic E-state index is 12.4. The highest BCUT2D eigenvalue weighted by Gasteiger charge is 2.25. The lowest BCUT2D eigenvalue weighted by molar-refractivity contribution is 0.256. The first-order valence-corrected chi connectivity index (χ1v) is 11.5. The van der Waals surface area contributed by atoms with E-state index >= 15 is 0 Å². The zero-order valence-electron chi connectivity index (χ0n) is 15.6. The molecule has 0 atom stereocenters. The Bertz CT molecular complexity index is 839. The predicted molar refractivity (Wildman–Crippen MR) is 106 cm³/mol. The summed E-state index contributed by atoms with van der Waals surface area (Å²) in [6, 6.07) is 1.61. The van der Waals surface area contributed by atoms with Crippen LogP contribution in [0.3, 0.4) is 0 Å². The van der Waals surface area contributed by atoms with E-state index in [1.165, 1.54) is 22.3 Å². The SMILES string of the molecule is O=C(Nc1c2c(cc3c1CCC3)CCC2)NS(=O)(=O)/C=C/CN1CCCC1. The van der Waals surface area contributed by atoms with Crippen LogP contribution < -0.4 is 10.0 Å². The predicted octanol–water partition coefficient (Wildman–Crippen LogP) is 2.72. The van der Waals surface area contributed by atoms with Crippen LogP contribution in [0.25, 0.3) is 0 Å². The van der Waals surface area contributed by atoms with Gasteiger partial charge in [0.05, 0.1) is 0 Å². The van der Waals surface area contributed by atoms with Crippen molar-refractivity contribution in [3.63, 3.8) is 0 Å². The second kappa shape index (κ2) is 7.64. The van der Waals surface area contributed by atoms with Crippen molar-refractivity contribution in [2.45, 2.75) is 51.4 Å². The summed E-state index contributed by atoms with van der Waals surface area (Å²) in [5, 5.41) is 3.96. The van der Waals surface area contributed by atoms with Gasteiger partial charge in [-0.05, 0) is 86.7 Å². The third-order valence-corrected chi connectivity index (χ3v) is 6.80. The van der Waals surface area contributed by atoms with E-state index in [4.69, 9.17) is 0 Å². The Morgan fingerprint density at radius 3 is 2.26 bits per heavy atom. The van der Waals surface area contributed by atoms with Gasteiger partial charge < -0.3 is 5.32 Å². The van der Waals surface area contributed by atoms with E-state index in [9.17, 15) is 13.2 Å². The molecule has 27 heavy (non-hydrogen) atoms. The zero-order chi connectivity index (χ0) is 18.9. The third kappa shape index (κ3) is 4.19. The Morgan fingerprint density at radius 2 is 1.63 bits per heavy atom. The Labute approximate surface area is 161 Å². The molecule has 6 nitrogen and oxygen atoms in total. The molecule has 0 aromatic heterocycles. The summed E-state index contributed by atoms with van der Waals surface area (Å²) in [5.74, 6) is 0. The number of sulfonamides is 1. The Hall–Kier alpha value is -1.86. The molecule has 2 amide bonds. The average molecular weight is 390 g/mol. The van der Waals surface area contributed by atoms with E-state index in [0.717, 1.165) is 75.6 Å².